The highest BCUT2D eigenvalue weighted by Crippen LogP contribution is 2.27. The molecule has 0 aliphatic rings. The zero-order chi connectivity index (χ0) is 32.5. The zero-order valence-corrected chi connectivity index (χ0v) is 23.5. The molecule has 0 spiro atoms. The number of nitrogens with zero attached hydrogens (tertiary/aromatic N) is 2. The molecule has 18 heteroatoms. The Morgan fingerprint density at radius 3 is 1.30 bits per heavy atom. The monoisotopic (exact) mass is 624 g/mol. The fraction of sp³-hybridized carbons (Fsp3) is 0.385. The van der Waals surface area contributed by atoms with Gasteiger partial charge < -0.3 is 37.9 Å². The van der Waals surface area contributed by atoms with E-state index in [-0.39, 0.29) is 39.6 Å². The molecule has 2 aromatic rings. The van der Waals surface area contributed by atoms with Crippen LogP contribution in [0.3, 0.4) is 0 Å². The number of hydrogen-bond donors (Lipinski definition) is 0. The molecular weight excluding hydrogens is 596 g/mol. The predicted octanol–water partition coefficient (Wildman–Crippen LogP) is 1.65. The predicted molar refractivity (Wildman–Crippen MR) is 143 cm³/mol. The summed E-state index contributed by atoms with van der Waals surface area (Å²) >= 11 is 0. The maximum Gasteiger partial charge on any atom is 0.423 e. The molecule has 0 unspecified atom stereocenters. The molecule has 0 saturated heterocycles. The van der Waals surface area contributed by atoms with E-state index in [9.17, 15) is 39.4 Å². The number of hydrogen-bond acceptors (Lipinski definition) is 16. The minimum Gasteiger partial charge on any atom is -0.460 e. The molecule has 0 fully saturated rings. The summed E-state index contributed by atoms with van der Waals surface area (Å²) < 4.78 is 39.8. The van der Waals surface area contributed by atoms with E-state index in [1.165, 1.54) is 14.2 Å². The van der Waals surface area contributed by atoms with Crippen LogP contribution in [0.15, 0.2) is 36.4 Å². The van der Waals surface area contributed by atoms with Gasteiger partial charge in [0.05, 0.1) is 49.5 Å². The fourth-order valence-electron chi connectivity index (χ4n) is 3.07. The Balaban J connectivity index is 2.17. The van der Waals surface area contributed by atoms with Crippen molar-refractivity contribution < 1.29 is 66.9 Å². The van der Waals surface area contributed by atoms with Crippen LogP contribution < -0.4 is 9.47 Å². The van der Waals surface area contributed by atoms with Crippen LogP contribution in [0.2, 0.25) is 0 Å². The van der Waals surface area contributed by atoms with Gasteiger partial charge in [-0.1, -0.05) is 0 Å². The van der Waals surface area contributed by atoms with Gasteiger partial charge in [-0.05, 0) is 12.1 Å². The summed E-state index contributed by atoms with van der Waals surface area (Å²) in [5, 5.41) is 22.4. The van der Waals surface area contributed by atoms with Crippen molar-refractivity contribution in [2.24, 2.45) is 0 Å². The van der Waals surface area contributed by atoms with E-state index in [0.717, 1.165) is 36.4 Å². The van der Waals surface area contributed by atoms with E-state index in [1.807, 2.05) is 0 Å². The van der Waals surface area contributed by atoms with Gasteiger partial charge in [0, 0.05) is 38.5 Å². The van der Waals surface area contributed by atoms with Crippen LogP contribution in [0.1, 0.15) is 20.7 Å². The summed E-state index contributed by atoms with van der Waals surface area (Å²) in [4.78, 5) is 71.1. The van der Waals surface area contributed by atoms with Gasteiger partial charge in [0.15, 0.2) is 0 Å². The first kappa shape index (κ1) is 35.2. The van der Waals surface area contributed by atoms with Crippen molar-refractivity contribution in [2.75, 3.05) is 67.1 Å². The first-order valence-corrected chi connectivity index (χ1v) is 12.6. The van der Waals surface area contributed by atoms with Crippen LogP contribution in [-0.2, 0) is 38.0 Å². The number of non-ortho nitro benzene ring substituents is 2. The maximum absolute atomic E-state index is 12.6. The van der Waals surface area contributed by atoms with Crippen LogP contribution in [0, 0.1) is 20.2 Å². The maximum atomic E-state index is 12.6. The van der Waals surface area contributed by atoms with Gasteiger partial charge in [-0.15, -0.1) is 0 Å². The number of carbonyl (C=O) groups is 4. The SMILES string of the molecule is COCCOCCOC(=O)c1cc([N+](=O)[O-])ccc1OC(=O)C(=O)Oc1ccc([N+](=O)[O-])cc1C(=O)OCCOCCOC. The average Bonchev–Trinajstić information content (AvgIpc) is 3.00. The van der Waals surface area contributed by atoms with Gasteiger partial charge in [0.1, 0.15) is 35.8 Å². The Labute approximate surface area is 248 Å². The highest BCUT2D eigenvalue weighted by molar-refractivity contribution is 6.31. The first-order chi connectivity index (χ1) is 21.1. The third kappa shape index (κ3) is 11.3. The number of esters is 4. The quantitative estimate of drug-likeness (QED) is 0.0573. The van der Waals surface area contributed by atoms with Crippen LogP contribution in [0.5, 0.6) is 11.5 Å². The molecule has 0 radical (unpaired) electrons. The Morgan fingerprint density at radius 2 is 0.955 bits per heavy atom. The number of ether oxygens (including phenoxy) is 8. The summed E-state index contributed by atoms with van der Waals surface area (Å²) in [5.74, 6) is -6.85. The molecule has 0 bridgehead atoms. The molecular formula is C26H28N2O16. The number of nitro groups is 2. The molecule has 0 aliphatic heterocycles. The Kier molecular flexibility index (Phi) is 14.8. The Bertz CT molecular complexity index is 1240. The normalized spacial score (nSPS) is 10.5. The Morgan fingerprint density at radius 1 is 0.591 bits per heavy atom. The molecule has 0 heterocycles. The standard InChI is InChI=1S/C26H28N2O16/c1-37-7-9-39-11-13-41-23(29)19-15-17(27(33)34)3-5-21(19)43-25(31)26(32)44-22-6-4-18(28(35)36)16-20(22)24(30)42-14-12-40-10-8-38-2/h3-6,15-16H,7-14H2,1-2H3. The molecule has 0 N–H and O–H groups in total. The summed E-state index contributed by atoms with van der Waals surface area (Å²) in [6.07, 6.45) is 0. The van der Waals surface area contributed by atoms with Gasteiger partial charge >= 0.3 is 23.9 Å². The van der Waals surface area contributed by atoms with E-state index in [4.69, 9.17) is 37.9 Å². The molecule has 0 aliphatic carbocycles. The summed E-state index contributed by atoms with van der Waals surface area (Å²) in [7, 11) is 2.93. The lowest BCUT2D eigenvalue weighted by Crippen LogP contribution is -2.27. The second kappa shape index (κ2) is 18.5. The van der Waals surface area contributed by atoms with Crippen molar-refractivity contribution in [3.05, 3.63) is 67.8 Å². The van der Waals surface area contributed by atoms with Crippen LogP contribution in [0.4, 0.5) is 11.4 Å². The van der Waals surface area contributed by atoms with Gasteiger partial charge in [-0.3, -0.25) is 20.2 Å². The van der Waals surface area contributed by atoms with Gasteiger partial charge in [0.25, 0.3) is 11.4 Å². The smallest absolute Gasteiger partial charge is 0.423 e. The second-order valence-corrected chi connectivity index (χ2v) is 8.14. The summed E-state index contributed by atoms with van der Waals surface area (Å²) in [5.41, 5.74) is -2.23. The molecule has 238 valence electrons. The number of benzene rings is 2. The lowest BCUT2D eigenvalue weighted by Gasteiger charge is -2.12. The third-order valence-electron chi connectivity index (χ3n) is 5.14. The van der Waals surface area contributed by atoms with Crippen molar-refractivity contribution in [3.63, 3.8) is 0 Å². The van der Waals surface area contributed by atoms with Crippen molar-refractivity contribution in [1.82, 2.24) is 0 Å². The van der Waals surface area contributed by atoms with Crippen LogP contribution >= 0.6 is 0 Å². The van der Waals surface area contributed by atoms with Crippen molar-refractivity contribution >= 4 is 35.3 Å². The minimum absolute atomic E-state index is 0.0354. The molecule has 2 rings (SSSR count). The molecule has 0 amide bonds. The summed E-state index contributed by atoms with van der Waals surface area (Å²) in [6, 6.07) is 5.12. The van der Waals surface area contributed by atoms with E-state index in [1.54, 1.807) is 0 Å². The van der Waals surface area contributed by atoms with Gasteiger partial charge in [-0.2, -0.15) is 0 Å². The van der Waals surface area contributed by atoms with E-state index >= 15 is 0 Å². The number of nitro benzene ring substituents is 2. The first-order valence-electron chi connectivity index (χ1n) is 12.6. The number of methoxy groups -OCH3 is 2. The topological polar surface area (TPSA) is 228 Å². The fourth-order valence-corrected chi connectivity index (χ4v) is 3.07. The molecule has 0 aromatic heterocycles. The number of rotatable bonds is 18. The van der Waals surface area contributed by atoms with E-state index < -0.39 is 67.7 Å². The molecule has 44 heavy (non-hydrogen) atoms. The minimum atomic E-state index is -1.71. The molecule has 2 aromatic carbocycles. The van der Waals surface area contributed by atoms with E-state index in [2.05, 4.69) is 0 Å². The third-order valence-corrected chi connectivity index (χ3v) is 5.14. The Hall–Kier alpha value is -5.04. The van der Waals surface area contributed by atoms with Crippen molar-refractivity contribution in [2.45, 2.75) is 0 Å². The average molecular weight is 625 g/mol. The number of carbonyl (C=O) groups excluding carboxylic acids is 4. The van der Waals surface area contributed by atoms with Gasteiger partial charge in [0.2, 0.25) is 0 Å². The highest BCUT2D eigenvalue weighted by Gasteiger charge is 2.28. The largest absolute Gasteiger partial charge is 0.460 e. The lowest BCUT2D eigenvalue weighted by molar-refractivity contribution is -0.385. The highest BCUT2D eigenvalue weighted by atomic mass is 16.6. The molecule has 18 nitrogen and oxygen atoms in total. The second-order valence-electron chi connectivity index (χ2n) is 8.14. The van der Waals surface area contributed by atoms with Crippen molar-refractivity contribution in [1.29, 1.82) is 0 Å². The van der Waals surface area contributed by atoms with Gasteiger partial charge in [-0.25, -0.2) is 19.2 Å². The molecule has 0 atom stereocenters. The zero-order valence-electron chi connectivity index (χ0n) is 23.5. The molecule has 0 saturated carbocycles. The van der Waals surface area contributed by atoms with E-state index in [0.29, 0.717) is 13.2 Å². The van der Waals surface area contributed by atoms with Crippen molar-refractivity contribution in [3.8, 4) is 11.5 Å². The lowest BCUT2D eigenvalue weighted by atomic mass is 10.1. The van der Waals surface area contributed by atoms with Crippen LogP contribution in [0.25, 0.3) is 0 Å². The summed E-state index contributed by atoms with van der Waals surface area (Å²) in [6.45, 7) is 0.418. The van der Waals surface area contributed by atoms with Crippen LogP contribution in [-0.4, -0.2) is 101 Å².